The van der Waals surface area contributed by atoms with Gasteiger partial charge in [-0.05, 0) is 12.1 Å². The number of aliphatic hydroxyl groups excluding tert-OH is 2. The molecular weight excluding hydrogens is 442 g/mol. The third-order valence-corrected chi connectivity index (χ3v) is 5.85. The number of ether oxygens (including phenoxy) is 3. The van der Waals surface area contributed by atoms with E-state index in [-0.39, 0.29) is 12.3 Å². The van der Waals surface area contributed by atoms with E-state index < -0.39 is 24.5 Å². The quantitative estimate of drug-likeness (QED) is 0.317. The molecule has 12 heteroatoms. The van der Waals surface area contributed by atoms with E-state index in [0.717, 1.165) is 0 Å². The van der Waals surface area contributed by atoms with Crippen LogP contribution in [0.2, 0.25) is 0 Å². The average Bonchev–Trinajstić information content (AvgIpc) is 3.39. The van der Waals surface area contributed by atoms with Gasteiger partial charge in [0.15, 0.2) is 17.7 Å². The summed E-state index contributed by atoms with van der Waals surface area (Å²) in [4.78, 5) is 15.8. The van der Waals surface area contributed by atoms with Crippen LogP contribution < -0.4 is 20.9 Å². The zero-order chi connectivity index (χ0) is 24.0. The summed E-state index contributed by atoms with van der Waals surface area (Å²) in [6.45, 7) is 7.12. The summed E-state index contributed by atoms with van der Waals surface area (Å²) in [5, 5.41) is 22.4. The monoisotopic (exact) mass is 463 g/mol. The Balaban J connectivity index is 1.39. The number of benzene rings is 1. The van der Waals surface area contributed by atoms with E-state index >= 15 is 0 Å². The smallest absolute Gasteiger partial charge is 0.227 e. The van der Waals surface area contributed by atoms with Crippen molar-refractivity contribution in [2.45, 2.75) is 24.5 Å². The molecular formula is C22H21N7O5. The molecule has 0 spiro atoms. The fraction of sp³-hybridized carbons (Fsp3) is 0.273. The number of hydrogen-bond acceptors (Lipinski definition) is 10. The maximum atomic E-state index is 10.6. The first-order valence-electron chi connectivity index (χ1n) is 10.3. The lowest BCUT2D eigenvalue weighted by Gasteiger charge is -2.18. The van der Waals surface area contributed by atoms with Crippen LogP contribution in [0.25, 0.3) is 26.8 Å². The van der Waals surface area contributed by atoms with E-state index in [1.54, 1.807) is 29.0 Å². The lowest BCUT2D eigenvalue weighted by Crippen LogP contribution is -2.34. The van der Waals surface area contributed by atoms with Crippen molar-refractivity contribution >= 4 is 39.1 Å². The molecule has 4 aromatic rings. The van der Waals surface area contributed by atoms with Crippen molar-refractivity contribution in [3.63, 3.8) is 0 Å². The summed E-state index contributed by atoms with van der Waals surface area (Å²) in [5.41, 5.74) is 13.5. The average molecular weight is 463 g/mol. The van der Waals surface area contributed by atoms with Crippen molar-refractivity contribution in [2.75, 3.05) is 25.2 Å². The molecule has 1 aromatic carbocycles. The molecule has 1 saturated heterocycles. The van der Waals surface area contributed by atoms with Gasteiger partial charge in [-0.2, -0.15) is 0 Å². The first-order chi connectivity index (χ1) is 16.4. The molecule has 0 saturated carbocycles. The highest BCUT2D eigenvalue weighted by molar-refractivity contribution is 5.98. The zero-order valence-corrected chi connectivity index (χ0v) is 18.0. The Morgan fingerprint density at radius 2 is 1.97 bits per heavy atom. The third kappa shape index (κ3) is 3.39. The molecule has 5 rings (SSSR count). The number of pyridine rings is 1. The number of rotatable bonds is 5. The minimum absolute atomic E-state index is 0.0808. The largest absolute Gasteiger partial charge is 0.493 e. The highest BCUT2D eigenvalue weighted by Gasteiger charge is 2.44. The number of hydrogen-bond donors (Lipinski definition) is 4. The van der Waals surface area contributed by atoms with Crippen molar-refractivity contribution in [1.29, 1.82) is 0 Å². The van der Waals surface area contributed by atoms with E-state index in [4.69, 9.17) is 32.3 Å². The first kappa shape index (κ1) is 21.7. The van der Waals surface area contributed by atoms with Crippen molar-refractivity contribution in [3.8, 4) is 11.5 Å². The molecule has 3 aromatic heterocycles. The molecule has 1 fully saturated rings. The predicted octanol–water partition coefficient (Wildman–Crippen LogP) is 1.40. The second kappa shape index (κ2) is 8.31. The Hall–Kier alpha value is -4.18. The molecule has 174 valence electrons. The summed E-state index contributed by atoms with van der Waals surface area (Å²) >= 11 is 0. The first-order valence-corrected chi connectivity index (χ1v) is 10.3. The van der Waals surface area contributed by atoms with Gasteiger partial charge in [-0.15, -0.1) is 0 Å². The van der Waals surface area contributed by atoms with Crippen molar-refractivity contribution < 1.29 is 24.4 Å². The maximum absolute atomic E-state index is 10.6. The van der Waals surface area contributed by atoms with E-state index in [2.05, 4.69) is 19.8 Å². The van der Waals surface area contributed by atoms with Gasteiger partial charge in [-0.1, -0.05) is 0 Å². The molecule has 34 heavy (non-hydrogen) atoms. The molecule has 12 nitrogen and oxygen atoms in total. The van der Waals surface area contributed by atoms with Gasteiger partial charge in [0.2, 0.25) is 5.69 Å². The number of fused-ring (bicyclic) bond motifs is 2. The maximum Gasteiger partial charge on any atom is 0.227 e. The fourth-order valence-corrected chi connectivity index (χ4v) is 4.04. The molecule has 0 unspecified atom stereocenters. The van der Waals surface area contributed by atoms with Crippen LogP contribution in [0.4, 0.5) is 17.2 Å². The summed E-state index contributed by atoms with van der Waals surface area (Å²) in [7, 11) is 1.47. The normalized spacial score (nSPS) is 22.2. The van der Waals surface area contributed by atoms with Crippen LogP contribution in [0.3, 0.4) is 0 Å². The fourth-order valence-electron chi connectivity index (χ4n) is 4.04. The minimum atomic E-state index is -1.23. The molecule has 0 radical (unpaired) electrons. The highest BCUT2D eigenvalue weighted by atomic mass is 16.6. The number of aliphatic hydroxyl groups is 2. The van der Waals surface area contributed by atoms with E-state index in [1.807, 2.05) is 0 Å². The van der Waals surface area contributed by atoms with Crippen LogP contribution in [0.5, 0.6) is 11.5 Å². The molecule has 0 amide bonds. The molecule has 1 aliphatic heterocycles. The van der Waals surface area contributed by atoms with Crippen LogP contribution >= 0.6 is 0 Å². The number of aromatic nitrogens is 4. The highest BCUT2D eigenvalue weighted by Crippen LogP contribution is 2.38. The topological polar surface area (TPSA) is 168 Å². The van der Waals surface area contributed by atoms with Gasteiger partial charge in [0, 0.05) is 29.5 Å². The van der Waals surface area contributed by atoms with Gasteiger partial charge < -0.3 is 40.5 Å². The molecule has 6 N–H and O–H groups in total. The van der Waals surface area contributed by atoms with Crippen LogP contribution in [0, 0.1) is 6.57 Å². The van der Waals surface area contributed by atoms with Gasteiger partial charge in [0.25, 0.3) is 0 Å². The summed E-state index contributed by atoms with van der Waals surface area (Å²) < 4.78 is 18.8. The summed E-state index contributed by atoms with van der Waals surface area (Å²) in [5.74, 6) is 1.02. The van der Waals surface area contributed by atoms with Gasteiger partial charge in [-0.3, -0.25) is 4.98 Å². The SMILES string of the molecule is [C-]#[N+]c1cnc2cc(OC[C@H]3O[C@@H](n4ccc5c(N)ncnc54)[C@H](O)[C@@H]3O)c(OC)cc2c1N. The molecule has 0 bridgehead atoms. The van der Waals surface area contributed by atoms with Crippen LogP contribution in [-0.2, 0) is 4.74 Å². The Morgan fingerprint density at radius 1 is 1.15 bits per heavy atom. The second-order valence-corrected chi connectivity index (χ2v) is 7.77. The second-order valence-electron chi connectivity index (χ2n) is 7.77. The molecule has 1 aliphatic rings. The Labute approximate surface area is 193 Å². The van der Waals surface area contributed by atoms with Crippen LogP contribution in [0.1, 0.15) is 6.23 Å². The number of methoxy groups -OCH3 is 1. The van der Waals surface area contributed by atoms with Crippen molar-refractivity contribution in [2.24, 2.45) is 0 Å². The van der Waals surface area contributed by atoms with Gasteiger partial charge in [0.1, 0.15) is 42.7 Å². The molecule has 4 atom stereocenters. The van der Waals surface area contributed by atoms with E-state index in [9.17, 15) is 10.2 Å². The predicted molar refractivity (Wildman–Crippen MR) is 122 cm³/mol. The summed E-state index contributed by atoms with van der Waals surface area (Å²) in [6, 6.07) is 4.99. The Morgan fingerprint density at radius 3 is 2.74 bits per heavy atom. The van der Waals surface area contributed by atoms with E-state index in [0.29, 0.717) is 44.9 Å². The number of nitrogens with two attached hydrogens (primary N) is 2. The zero-order valence-electron chi connectivity index (χ0n) is 18.0. The van der Waals surface area contributed by atoms with E-state index in [1.165, 1.54) is 19.6 Å². The Bertz CT molecular complexity index is 1430. The van der Waals surface area contributed by atoms with Crippen molar-refractivity contribution in [3.05, 3.63) is 48.3 Å². The van der Waals surface area contributed by atoms with Gasteiger partial charge in [0.05, 0.1) is 24.6 Å². The van der Waals surface area contributed by atoms with Crippen molar-refractivity contribution in [1.82, 2.24) is 19.5 Å². The molecule has 0 aliphatic carbocycles. The minimum Gasteiger partial charge on any atom is -0.493 e. The third-order valence-electron chi connectivity index (χ3n) is 5.85. The number of anilines is 2. The Kier molecular flexibility index (Phi) is 5.29. The van der Waals surface area contributed by atoms with Gasteiger partial charge in [-0.25, -0.2) is 14.8 Å². The van der Waals surface area contributed by atoms with Crippen LogP contribution in [0.15, 0.2) is 36.9 Å². The number of nitrogen functional groups attached to an aromatic ring is 2. The van der Waals surface area contributed by atoms with Gasteiger partial charge >= 0.3 is 0 Å². The lowest BCUT2D eigenvalue weighted by molar-refractivity contribution is -0.0473. The number of nitrogens with zero attached hydrogens (tertiary/aromatic N) is 5. The van der Waals surface area contributed by atoms with Crippen LogP contribution in [-0.4, -0.2) is 61.8 Å². The lowest BCUT2D eigenvalue weighted by atomic mass is 10.1. The standard InChI is InChI=1S/C22H21N7O5/c1-25-13-7-26-12-6-15(14(32-2)5-11(12)17(13)23)33-8-16-18(30)19(31)22(34-16)29-4-3-10-20(24)27-9-28-21(10)29/h3-7,9,16,18-19,22,30-31H,8H2,2H3,(H2,23,26)(H2,24,27,28)/t16-,18-,19-,22-/m1/s1. The molecule has 4 heterocycles. The summed E-state index contributed by atoms with van der Waals surface area (Å²) in [6.07, 6.45) is 0.181.